The summed E-state index contributed by atoms with van der Waals surface area (Å²) in [6, 6.07) is 77.4. The van der Waals surface area contributed by atoms with Gasteiger partial charge in [0.15, 0.2) is 5.82 Å². The van der Waals surface area contributed by atoms with Crippen LogP contribution in [0.5, 0.6) is 0 Å². The van der Waals surface area contributed by atoms with Crippen LogP contribution in [0.1, 0.15) is 0 Å². The van der Waals surface area contributed by atoms with Crippen molar-refractivity contribution in [3.63, 3.8) is 0 Å². The minimum atomic E-state index is 0.662. The Morgan fingerprint density at radius 3 is 1.79 bits per heavy atom. The van der Waals surface area contributed by atoms with Crippen LogP contribution in [-0.4, -0.2) is 9.97 Å². The molecule has 0 atom stereocenters. The van der Waals surface area contributed by atoms with Crippen LogP contribution in [0.2, 0.25) is 0 Å². The summed E-state index contributed by atoms with van der Waals surface area (Å²) in [4.78, 5) is 10.7. The van der Waals surface area contributed by atoms with Crippen LogP contribution in [-0.2, 0) is 0 Å². The molecular weight excluding hydrogens is 741 g/mol. The first-order valence-electron chi connectivity index (χ1n) is 20.7. The molecule has 0 spiro atoms. The van der Waals surface area contributed by atoms with E-state index in [0.717, 1.165) is 77.8 Å². The van der Waals surface area contributed by atoms with Crippen LogP contribution in [0, 0.1) is 0 Å². The highest BCUT2D eigenvalue weighted by atomic mass is 16.3. The van der Waals surface area contributed by atoms with E-state index in [1.807, 2.05) is 12.1 Å². The van der Waals surface area contributed by atoms with E-state index in [-0.39, 0.29) is 0 Å². The lowest BCUT2D eigenvalue weighted by Crippen LogP contribution is -1.97. The lowest BCUT2D eigenvalue weighted by Gasteiger charge is -2.15. The van der Waals surface area contributed by atoms with Gasteiger partial charge >= 0.3 is 0 Å². The Morgan fingerprint density at radius 1 is 0.295 bits per heavy atom. The highest BCUT2D eigenvalue weighted by Crippen LogP contribution is 2.42. The summed E-state index contributed by atoms with van der Waals surface area (Å²) in [5.41, 5.74) is 13.1. The first-order valence-corrected chi connectivity index (χ1v) is 20.7. The van der Waals surface area contributed by atoms with E-state index >= 15 is 0 Å². The van der Waals surface area contributed by atoms with Gasteiger partial charge in [0.05, 0.1) is 11.4 Å². The average Bonchev–Trinajstić information content (AvgIpc) is 3.73. The van der Waals surface area contributed by atoms with Gasteiger partial charge in [-0.1, -0.05) is 194 Å². The van der Waals surface area contributed by atoms with E-state index < -0.39 is 0 Å². The molecule has 12 rings (SSSR count). The predicted octanol–water partition coefficient (Wildman–Crippen LogP) is 15.8. The van der Waals surface area contributed by atoms with Crippen LogP contribution >= 0.6 is 0 Å². The van der Waals surface area contributed by atoms with Gasteiger partial charge in [-0.2, -0.15) is 0 Å². The van der Waals surface area contributed by atoms with E-state index in [0.29, 0.717) is 5.82 Å². The summed E-state index contributed by atoms with van der Waals surface area (Å²) in [6.07, 6.45) is 0. The van der Waals surface area contributed by atoms with E-state index in [1.54, 1.807) is 0 Å². The Labute approximate surface area is 352 Å². The zero-order chi connectivity index (χ0) is 40.3. The molecule has 284 valence electrons. The Balaban J connectivity index is 1.04. The average molecular weight is 777 g/mol. The van der Waals surface area contributed by atoms with E-state index in [1.165, 1.54) is 37.9 Å². The number of para-hydroxylation sites is 2. The number of furan rings is 1. The van der Waals surface area contributed by atoms with E-state index in [9.17, 15) is 0 Å². The zero-order valence-corrected chi connectivity index (χ0v) is 33.1. The number of hydrogen-bond acceptors (Lipinski definition) is 3. The van der Waals surface area contributed by atoms with Gasteiger partial charge in [0.2, 0.25) is 0 Å². The second-order valence-electron chi connectivity index (χ2n) is 15.7. The van der Waals surface area contributed by atoms with Crippen LogP contribution in [0.15, 0.2) is 223 Å². The van der Waals surface area contributed by atoms with Crippen LogP contribution in [0.4, 0.5) is 0 Å². The first kappa shape index (κ1) is 34.9. The lowest BCUT2D eigenvalue weighted by molar-refractivity contribution is 0.670. The molecule has 0 saturated carbocycles. The first-order chi connectivity index (χ1) is 30.2. The largest absolute Gasteiger partial charge is 0.455 e. The fraction of sp³-hybridized carbons (Fsp3) is 0. The molecule has 0 unspecified atom stereocenters. The molecule has 0 amide bonds. The number of benzene rings is 10. The van der Waals surface area contributed by atoms with E-state index in [4.69, 9.17) is 14.4 Å². The van der Waals surface area contributed by atoms with Gasteiger partial charge in [0.1, 0.15) is 11.2 Å². The third-order valence-corrected chi connectivity index (χ3v) is 12.1. The number of aromatic nitrogens is 2. The summed E-state index contributed by atoms with van der Waals surface area (Å²) in [5.74, 6) is 0.662. The highest BCUT2D eigenvalue weighted by Gasteiger charge is 2.19. The van der Waals surface area contributed by atoms with Gasteiger partial charge in [-0.3, -0.25) is 0 Å². The van der Waals surface area contributed by atoms with Gasteiger partial charge in [0.25, 0.3) is 0 Å². The Kier molecular flexibility index (Phi) is 8.17. The molecule has 0 aliphatic rings. The second kappa shape index (κ2) is 14.3. The normalized spacial score (nSPS) is 11.6. The third kappa shape index (κ3) is 5.98. The maximum Gasteiger partial charge on any atom is 0.160 e. The molecule has 0 saturated heterocycles. The maximum absolute atomic E-state index is 6.56. The van der Waals surface area contributed by atoms with Crippen molar-refractivity contribution in [2.24, 2.45) is 0 Å². The Hall–Kier alpha value is -8.14. The van der Waals surface area contributed by atoms with Crippen molar-refractivity contribution in [3.8, 4) is 67.3 Å². The van der Waals surface area contributed by atoms with Crippen molar-refractivity contribution >= 4 is 54.3 Å². The molecule has 2 heterocycles. The summed E-state index contributed by atoms with van der Waals surface area (Å²) >= 11 is 0. The molecular formula is C58H36N2O. The van der Waals surface area contributed by atoms with Crippen molar-refractivity contribution in [1.29, 1.82) is 0 Å². The fourth-order valence-electron chi connectivity index (χ4n) is 9.17. The van der Waals surface area contributed by atoms with E-state index in [2.05, 4.69) is 206 Å². The van der Waals surface area contributed by atoms with Crippen LogP contribution in [0.25, 0.3) is 122 Å². The molecule has 0 fully saturated rings. The van der Waals surface area contributed by atoms with Gasteiger partial charge in [0, 0.05) is 33.0 Å². The molecule has 61 heavy (non-hydrogen) atoms. The molecule has 0 aliphatic carbocycles. The SMILES string of the molecule is c1ccc(-c2cccc(-c3cc(-c4ccccc4-c4cccc5c4oc4ccccc45)nc(-c4ccc(-c5c6ccccc6cc6c5ccc5ccccc56)cc4)n3)c2)cc1. The maximum atomic E-state index is 6.56. The van der Waals surface area contributed by atoms with Gasteiger partial charge < -0.3 is 4.42 Å². The van der Waals surface area contributed by atoms with Gasteiger partial charge in [-0.15, -0.1) is 0 Å². The minimum Gasteiger partial charge on any atom is -0.455 e. The number of fused-ring (bicyclic) bond motifs is 7. The summed E-state index contributed by atoms with van der Waals surface area (Å²) < 4.78 is 6.56. The molecule has 12 aromatic rings. The quantitative estimate of drug-likeness (QED) is 0.125. The molecule has 0 aliphatic heterocycles. The molecule has 3 nitrogen and oxygen atoms in total. The minimum absolute atomic E-state index is 0.662. The van der Waals surface area contributed by atoms with Crippen molar-refractivity contribution in [2.45, 2.75) is 0 Å². The Bertz CT molecular complexity index is 3640. The van der Waals surface area contributed by atoms with Crippen molar-refractivity contribution in [3.05, 3.63) is 218 Å². The molecule has 0 radical (unpaired) electrons. The van der Waals surface area contributed by atoms with Crippen molar-refractivity contribution in [2.75, 3.05) is 0 Å². The molecule has 0 N–H and O–H groups in total. The summed E-state index contributed by atoms with van der Waals surface area (Å²) in [7, 11) is 0. The number of hydrogen-bond donors (Lipinski definition) is 0. The molecule has 0 bridgehead atoms. The fourth-order valence-corrected chi connectivity index (χ4v) is 9.17. The topological polar surface area (TPSA) is 38.9 Å². The number of nitrogens with zero attached hydrogens (tertiary/aromatic N) is 2. The smallest absolute Gasteiger partial charge is 0.160 e. The van der Waals surface area contributed by atoms with Gasteiger partial charge in [-0.25, -0.2) is 9.97 Å². The number of rotatable bonds is 6. The van der Waals surface area contributed by atoms with Crippen LogP contribution in [0.3, 0.4) is 0 Å². The predicted molar refractivity (Wildman–Crippen MR) is 254 cm³/mol. The van der Waals surface area contributed by atoms with Crippen molar-refractivity contribution in [1.82, 2.24) is 9.97 Å². The van der Waals surface area contributed by atoms with Crippen LogP contribution < -0.4 is 0 Å². The second-order valence-corrected chi connectivity index (χ2v) is 15.7. The third-order valence-electron chi connectivity index (χ3n) is 12.1. The molecule has 10 aromatic carbocycles. The summed E-state index contributed by atoms with van der Waals surface area (Å²) in [6.45, 7) is 0. The molecule has 3 heteroatoms. The van der Waals surface area contributed by atoms with Crippen molar-refractivity contribution < 1.29 is 4.42 Å². The zero-order valence-electron chi connectivity index (χ0n) is 33.1. The summed E-state index contributed by atoms with van der Waals surface area (Å²) in [5, 5.41) is 9.64. The monoisotopic (exact) mass is 776 g/mol. The van der Waals surface area contributed by atoms with Gasteiger partial charge in [-0.05, 0) is 84.4 Å². The highest BCUT2D eigenvalue weighted by molar-refractivity contribution is 6.20. The Morgan fingerprint density at radius 2 is 0.918 bits per heavy atom. The lowest BCUT2D eigenvalue weighted by atomic mass is 9.89. The standard InChI is InChI=1S/C58H36N2O/c1-2-14-37(15-3-1)41-18-12-19-43(34-41)53-36-54(47-23-9-8-22-46(47)50-25-13-26-51-48-24-10-11-27-55(48)61-57(50)51)60-58(59-53)40-30-28-39(29-31-40)56-45-21-7-5-17-42(45)35-52-44-20-6-4-16-38(44)32-33-49(52)56/h1-36H. The molecule has 2 aromatic heterocycles.